The molecule has 3 nitrogen and oxygen atoms in total. The van der Waals surface area contributed by atoms with Gasteiger partial charge in [-0.2, -0.15) is 5.26 Å². The molecule has 0 N–H and O–H groups in total. The Hall–Kier alpha value is -2.38. The van der Waals surface area contributed by atoms with E-state index < -0.39 is 5.63 Å². The third-order valence-electron chi connectivity index (χ3n) is 3.28. The lowest BCUT2D eigenvalue weighted by Gasteiger charge is -2.10. The second-order valence-electron chi connectivity index (χ2n) is 4.58. The van der Waals surface area contributed by atoms with Crippen molar-refractivity contribution in [3.8, 4) is 17.2 Å². The fraction of sp³-hybridized carbons (Fsp3) is 0.0588. The van der Waals surface area contributed by atoms with Crippen LogP contribution in [0.15, 0.2) is 62.2 Å². The van der Waals surface area contributed by atoms with Crippen LogP contribution in [-0.2, 0) is 6.42 Å². The molecule has 3 aromatic rings. The first-order valence-electron chi connectivity index (χ1n) is 6.38. The molecule has 0 aliphatic carbocycles. The van der Waals surface area contributed by atoms with E-state index in [1.807, 2.05) is 48.5 Å². The highest BCUT2D eigenvalue weighted by molar-refractivity contribution is 9.10. The summed E-state index contributed by atoms with van der Waals surface area (Å²) >= 11 is 3.37. The Bertz CT molecular complexity index is 908. The number of hydrogen-bond donors (Lipinski definition) is 0. The molecular weight excluding hydrogens is 330 g/mol. The van der Waals surface area contributed by atoms with Crippen LogP contribution in [-0.4, -0.2) is 0 Å². The maximum absolute atomic E-state index is 12.2. The molecule has 0 saturated carbocycles. The lowest BCUT2D eigenvalue weighted by Crippen LogP contribution is -2.09. The number of rotatable bonds is 2. The van der Waals surface area contributed by atoms with Gasteiger partial charge in [0.15, 0.2) is 0 Å². The first kappa shape index (κ1) is 13.6. The van der Waals surface area contributed by atoms with Gasteiger partial charge in [0, 0.05) is 15.4 Å². The highest BCUT2D eigenvalue weighted by Gasteiger charge is 2.16. The monoisotopic (exact) mass is 339 g/mol. The zero-order valence-corrected chi connectivity index (χ0v) is 12.6. The van der Waals surface area contributed by atoms with Crippen LogP contribution in [0.5, 0.6) is 0 Å². The smallest absolute Gasteiger partial charge is 0.341 e. The van der Waals surface area contributed by atoms with Gasteiger partial charge in [0.25, 0.3) is 0 Å². The van der Waals surface area contributed by atoms with Crippen molar-refractivity contribution >= 4 is 26.9 Å². The highest BCUT2D eigenvalue weighted by atomic mass is 79.9. The lowest BCUT2D eigenvalue weighted by atomic mass is 9.96. The second kappa shape index (κ2) is 5.55. The molecule has 0 unspecified atom stereocenters. The van der Waals surface area contributed by atoms with Gasteiger partial charge < -0.3 is 4.42 Å². The van der Waals surface area contributed by atoms with E-state index in [1.165, 1.54) is 0 Å². The van der Waals surface area contributed by atoms with E-state index >= 15 is 0 Å². The summed E-state index contributed by atoms with van der Waals surface area (Å²) in [5, 5.41) is 9.82. The van der Waals surface area contributed by atoms with Crippen molar-refractivity contribution in [2.75, 3.05) is 0 Å². The predicted molar refractivity (Wildman–Crippen MR) is 84.9 cm³/mol. The molecule has 0 spiro atoms. The van der Waals surface area contributed by atoms with Crippen LogP contribution < -0.4 is 5.63 Å². The van der Waals surface area contributed by atoms with Crippen LogP contribution in [0.4, 0.5) is 0 Å². The average Bonchev–Trinajstić information content (AvgIpc) is 2.49. The van der Waals surface area contributed by atoms with Gasteiger partial charge in [-0.15, -0.1) is 0 Å². The molecule has 2 aromatic carbocycles. The van der Waals surface area contributed by atoms with Crippen molar-refractivity contribution in [2.45, 2.75) is 6.42 Å². The Morgan fingerprint density at radius 1 is 1.14 bits per heavy atom. The van der Waals surface area contributed by atoms with E-state index in [0.717, 1.165) is 21.0 Å². The third-order valence-corrected chi connectivity index (χ3v) is 3.78. The SMILES string of the molecule is N#CCc1c(-c2ccccc2)c2ccc(Br)cc2oc1=O. The normalized spacial score (nSPS) is 10.5. The van der Waals surface area contributed by atoms with Crippen LogP contribution in [0.1, 0.15) is 5.56 Å². The molecule has 0 aliphatic heterocycles. The van der Waals surface area contributed by atoms with Crippen LogP contribution >= 0.6 is 15.9 Å². The maximum Gasteiger partial charge on any atom is 0.341 e. The fourth-order valence-electron chi connectivity index (χ4n) is 2.39. The van der Waals surface area contributed by atoms with Crippen molar-refractivity contribution in [3.63, 3.8) is 0 Å². The van der Waals surface area contributed by atoms with Crippen molar-refractivity contribution in [3.05, 3.63) is 69.0 Å². The Morgan fingerprint density at radius 3 is 2.62 bits per heavy atom. The van der Waals surface area contributed by atoms with Crippen LogP contribution in [0.2, 0.25) is 0 Å². The molecular formula is C17H10BrNO2. The van der Waals surface area contributed by atoms with E-state index in [1.54, 1.807) is 6.07 Å². The summed E-state index contributed by atoms with van der Waals surface area (Å²) in [5.41, 5.74) is 2.13. The number of benzene rings is 2. The summed E-state index contributed by atoms with van der Waals surface area (Å²) in [7, 11) is 0. The van der Waals surface area contributed by atoms with Crippen molar-refractivity contribution in [2.24, 2.45) is 0 Å². The molecule has 3 rings (SSSR count). The van der Waals surface area contributed by atoms with E-state index in [4.69, 9.17) is 9.68 Å². The molecule has 0 saturated heterocycles. The molecule has 0 aliphatic rings. The van der Waals surface area contributed by atoms with E-state index in [9.17, 15) is 4.79 Å². The number of halogens is 1. The fourth-order valence-corrected chi connectivity index (χ4v) is 2.73. The maximum atomic E-state index is 12.2. The van der Waals surface area contributed by atoms with Gasteiger partial charge in [-0.25, -0.2) is 4.79 Å². The molecule has 0 atom stereocenters. The minimum Gasteiger partial charge on any atom is -0.422 e. The van der Waals surface area contributed by atoms with Crippen LogP contribution in [0.3, 0.4) is 0 Å². The standard InChI is InChI=1S/C17H10BrNO2/c18-12-6-7-13-15(10-12)21-17(20)14(8-9-19)16(13)11-4-2-1-3-5-11/h1-7,10H,8H2. The molecule has 4 heteroatoms. The highest BCUT2D eigenvalue weighted by Crippen LogP contribution is 2.31. The Kier molecular flexibility index (Phi) is 3.59. The number of nitrogens with zero attached hydrogens (tertiary/aromatic N) is 1. The van der Waals surface area contributed by atoms with Gasteiger partial charge in [0.2, 0.25) is 0 Å². The Morgan fingerprint density at radius 2 is 1.90 bits per heavy atom. The quantitative estimate of drug-likeness (QED) is 0.654. The van der Waals surface area contributed by atoms with E-state index in [-0.39, 0.29) is 6.42 Å². The van der Waals surface area contributed by atoms with Gasteiger partial charge in [0.05, 0.1) is 18.1 Å². The minimum atomic E-state index is -0.457. The summed E-state index contributed by atoms with van der Waals surface area (Å²) in [5.74, 6) is 0. The lowest BCUT2D eigenvalue weighted by molar-refractivity contribution is 0.553. The van der Waals surface area contributed by atoms with Crippen molar-refractivity contribution in [1.82, 2.24) is 0 Å². The molecule has 21 heavy (non-hydrogen) atoms. The number of hydrogen-bond acceptors (Lipinski definition) is 3. The zero-order chi connectivity index (χ0) is 14.8. The molecule has 0 amide bonds. The van der Waals surface area contributed by atoms with E-state index in [0.29, 0.717) is 11.1 Å². The largest absolute Gasteiger partial charge is 0.422 e. The average molecular weight is 340 g/mol. The third kappa shape index (κ3) is 2.48. The Balaban J connectivity index is 2.46. The molecule has 0 bridgehead atoms. The van der Waals surface area contributed by atoms with Crippen molar-refractivity contribution < 1.29 is 4.42 Å². The van der Waals surface area contributed by atoms with E-state index in [2.05, 4.69) is 15.9 Å². The topological polar surface area (TPSA) is 54.0 Å². The van der Waals surface area contributed by atoms with Crippen molar-refractivity contribution in [1.29, 1.82) is 5.26 Å². The Labute approximate surface area is 129 Å². The van der Waals surface area contributed by atoms with Gasteiger partial charge in [-0.3, -0.25) is 0 Å². The molecule has 1 heterocycles. The summed E-state index contributed by atoms with van der Waals surface area (Å²) in [4.78, 5) is 12.2. The summed E-state index contributed by atoms with van der Waals surface area (Å²) in [6, 6.07) is 17.2. The first-order valence-corrected chi connectivity index (χ1v) is 7.17. The van der Waals surface area contributed by atoms with Gasteiger partial charge in [-0.05, 0) is 23.8 Å². The molecule has 1 aromatic heterocycles. The molecule has 102 valence electrons. The van der Waals surface area contributed by atoms with Gasteiger partial charge in [-0.1, -0.05) is 46.3 Å². The minimum absolute atomic E-state index is 0.0264. The van der Waals surface area contributed by atoms with Gasteiger partial charge in [0.1, 0.15) is 5.58 Å². The molecule has 0 fully saturated rings. The van der Waals surface area contributed by atoms with Crippen LogP contribution in [0, 0.1) is 11.3 Å². The summed E-state index contributed by atoms with van der Waals surface area (Å²) in [6.45, 7) is 0. The first-order chi connectivity index (χ1) is 10.2. The van der Waals surface area contributed by atoms with Gasteiger partial charge >= 0.3 is 5.63 Å². The molecule has 0 radical (unpaired) electrons. The zero-order valence-electron chi connectivity index (χ0n) is 11.0. The number of nitriles is 1. The van der Waals surface area contributed by atoms with Crippen LogP contribution in [0.25, 0.3) is 22.1 Å². The predicted octanol–water partition coefficient (Wildman–Crippen LogP) is 4.29. The second-order valence-corrected chi connectivity index (χ2v) is 5.50. The summed E-state index contributed by atoms with van der Waals surface area (Å²) in [6.07, 6.45) is 0.0264. The summed E-state index contributed by atoms with van der Waals surface area (Å²) < 4.78 is 6.19. The number of fused-ring (bicyclic) bond motifs is 1.